The molecule has 1 aliphatic rings. The Balaban J connectivity index is 1.29. The lowest BCUT2D eigenvalue weighted by molar-refractivity contribution is 0.0266. The highest BCUT2D eigenvalue weighted by Gasteiger charge is 2.28. The van der Waals surface area contributed by atoms with Gasteiger partial charge >= 0.3 is 6.16 Å². The van der Waals surface area contributed by atoms with E-state index in [9.17, 15) is 14.0 Å². The maximum absolute atomic E-state index is 13.5. The van der Waals surface area contributed by atoms with Crippen molar-refractivity contribution in [3.63, 3.8) is 0 Å². The average molecular weight is 563 g/mol. The fourth-order valence-corrected chi connectivity index (χ4v) is 5.07. The van der Waals surface area contributed by atoms with Gasteiger partial charge in [-0.1, -0.05) is 38.1 Å². The van der Waals surface area contributed by atoms with Gasteiger partial charge in [0.2, 0.25) is 11.9 Å². The molecular formula is C30H35FN6O4. The first-order chi connectivity index (χ1) is 19.8. The van der Waals surface area contributed by atoms with Gasteiger partial charge in [0.15, 0.2) is 6.73 Å². The van der Waals surface area contributed by atoms with Crippen LogP contribution < -0.4 is 15.4 Å². The van der Waals surface area contributed by atoms with E-state index in [1.807, 2.05) is 44.0 Å². The van der Waals surface area contributed by atoms with Crippen LogP contribution in [0.4, 0.5) is 21.1 Å². The van der Waals surface area contributed by atoms with E-state index >= 15 is 0 Å². The molecule has 0 radical (unpaired) electrons. The van der Waals surface area contributed by atoms with Gasteiger partial charge in [0, 0.05) is 38.4 Å². The molecule has 1 saturated heterocycles. The second-order valence-electron chi connectivity index (χ2n) is 10.7. The Labute approximate surface area is 237 Å². The molecule has 4 aromatic rings. The molecule has 0 unspecified atom stereocenters. The maximum Gasteiger partial charge on any atom is 0.510 e. The number of piperidine rings is 1. The predicted molar refractivity (Wildman–Crippen MR) is 155 cm³/mol. The minimum absolute atomic E-state index is 0.106. The first-order valence-electron chi connectivity index (χ1n) is 13.8. The van der Waals surface area contributed by atoms with E-state index in [1.54, 1.807) is 12.1 Å². The Kier molecular flexibility index (Phi) is 8.51. The molecule has 216 valence electrons. The molecule has 11 heteroatoms. The smallest absolute Gasteiger partial charge is 0.434 e. The third-order valence-electron chi connectivity index (χ3n) is 7.26. The fraction of sp³-hybridized carbons (Fsp3) is 0.400. The molecule has 0 atom stereocenters. The number of halogens is 1. The first kappa shape index (κ1) is 28.1. The number of carbonyl (C=O) groups is 1. The van der Waals surface area contributed by atoms with Crippen LogP contribution in [0.5, 0.6) is 0 Å². The van der Waals surface area contributed by atoms with Gasteiger partial charge in [0.25, 0.3) is 5.56 Å². The standard InChI is InChI=1S/C30H35FN6O4/c1-21(2)19-40-30(39)41-20-37-27(38)12-15-32-28(37)34(3)24-13-16-35(17-14-24)29-33-25-6-4-5-7-26(25)36(29)18-22-8-10-23(31)11-9-22/h4-12,15,21,24H,13-14,16-20H2,1-3H3. The third kappa shape index (κ3) is 6.50. The zero-order valence-corrected chi connectivity index (χ0v) is 23.6. The third-order valence-corrected chi connectivity index (χ3v) is 7.26. The van der Waals surface area contributed by atoms with Crippen molar-refractivity contribution in [3.05, 3.63) is 82.5 Å². The summed E-state index contributed by atoms with van der Waals surface area (Å²) in [5.41, 5.74) is 2.61. The van der Waals surface area contributed by atoms with Crippen LogP contribution in [0.2, 0.25) is 0 Å². The van der Waals surface area contributed by atoms with E-state index in [4.69, 9.17) is 14.5 Å². The average Bonchev–Trinajstić information content (AvgIpc) is 3.34. The van der Waals surface area contributed by atoms with Crippen LogP contribution in [-0.4, -0.2) is 58.0 Å². The number of hydrogen-bond donors (Lipinski definition) is 0. The molecule has 2 aromatic heterocycles. The van der Waals surface area contributed by atoms with Gasteiger partial charge in [-0.3, -0.25) is 4.79 Å². The quantitative estimate of drug-likeness (QED) is 0.272. The summed E-state index contributed by atoms with van der Waals surface area (Å²) in [6.45, 7) is 5.89. The molecule has 0 spiro atoms. The summed E-state index contributed by atoms with van der Waals surface area (Å²) in [7, 11) is 1.90. The number of hydrogen-bond acceptors (Lipinski definition) is 8. The molecule has 1 aliphatic heterocycles. The van der Waals surface area contributed by atoms with Gasteiger partial charge in [-0.2, -0.15) is 0 Å². The summed E-state index contributed by atoms with van der Waals surface area (Å²) >= 11 is 0. The highest BCUT2D eigenvalue weighted by Crippen LogP contribution is 2.28. The Hall–Kier alpha value is -4.41. The molecular weight excluding hydrogens is 527 g/mol. The molecule has 10 nitrogen and oxygen atoms in total. The number of benzene rings is 2. The number of anilines is 2. The molecule has 1 fully saturated rings. The minimum atomic E-state index is -0.820. The Morgan fingerprint density at radius 1 is 1.05 bits per heavy atom. The zero-order chi connectivity index (χ0) is 28.9. The second kappa shape index (κ2) is 12.4. The SMILES string of the molecule is CC(C)COC(=O)OCn1c(N(C)C2CCN(c3nc4ccccc4n3Cc3ccc(F)cc3)CC2)nccc1=O. The van der Waals surface area contributed by atoms with Crippen molar-refractivity contribution in [3.8, 4) is 0 Å². The van der Waals surface area contributed by atoms with Crippen molar-refractivity contribution in [1.29, 1.82) is 0 Å². The van der Waals surface area contributed by atoms with Gasteiger partial charge in [-0.05, 0) is 48.6 Å². The van der Waals surface area contributed by atoms with Crippen molar-refractivity contribution in [1.82, 2.24) is 19.1 Å². The van der Waals surface area contributed by atoms with Crippen molar-refractivity contribution >= 4 is 29.1 Å². The zero-order valence-electron chi connectivity index (χ0n) is 23.6. The summed E-state index contributed by atoms with van der Waals surface area (Å²) < 4.78 is 27.3. The lowest BCUT2D eigenvalue weighted by atomic mass is 10.0. The highest BCUT2D eigenvalue weighted by molar-refractivity contribution is 5.79. The number of fused-ring (bicyclic) bond motifs is 1. The van der Waals surface area contributed by atoms with Crippen LogP contribution >= 0.6 is 0 Å². The Morgan fingerprint density at radius 2 is 1.78 bits per heavy atom. The molecule has 0 aliphatic carbocycles. The normalized spacial score (nSPS) is 14.0. The van der Waals surface area contributed by atoms with Crippen LogP contribution in [-0.2, 0) is 22.7 Å². The number of aromatic nitrogens is 4. The van der Waals surface area contributed by atoms with Crippen LogP contribution in [0.25, 0.3) is 11.0 Å². The second-order valence-corrected chi connectivity index (χ2v) is 10.7. The molecule has 41 heavy (non-hydrogen) atoms. The monoisotopic (exact) mass is 562 g/mol. The lowest BCUT2D eigenvalue weighted by Crippen LogP contribution is -2.46. The maximum atomic E-state index is 13.5. The van der Waals surface area contributed by atoms with Crippen LogP contribution in [0, 0.1) is 11.7 Å². The van der Waals surface area contributed by atoms with E-state index in [1.165, 1.54) is 29.0 Å². The Morgan fingerprint density at radius 3 is 2.51 bits per heavy atom. The topological polar surface area (TPSA) is 94.7 Å². The summed E-state index contributed by atoms with van der Waals surface area (Å²) in [6.07, 6.45) is 2.26. The van der Waals surface area contributed by atoms with Gasteiger partial charge in [0.1, 0.15) is 5.82 Å². The van der Waals surface area contributed by atoms with Crippen molar-refractivity contribution in [2.24, 2.45) is 5.92 Å². The molecule has 2 aromatic carbocycles. The van der Waals surface area contributed by atoms with Crippen LogP contribution in [0.3, 0.4) is 0 Å². The van der Waals surface area contributed by atoms with Gasteiger partial charge in [-0.15, -0.1) is 0 Å². The molecule has 5 rings (SSSR count). The molecule has 3 heterocycles. The van der Waals surface area contributed by atoms with E-state index in [0.717, 1.165) is 48.5 Å². The van der Waals surface area contributed by atoms with E-state index in [-0.39, 0.29) is 36.7 Å². The van der Waals surface area contributed by atoms with E-state index in [0.29, 0.717) is 12.5 Å². The molecule has 0 bridgehead atoms. The number of rotatable bonds is 9. The minimum Gasteiger partial charge on any atom is -0.434 e. The number of imidazole rings is 1. The lowest BCUT2D eigenvalue weighted by Gasteiger charge is -2.38. The van der Waals surface area contributed by atoms with Gasteiger partial charge in [-0.25, -0.2) is 23.7 Å². The molecule has 0 saturated carbocycles. The number of carbonyl (C=O) groups excluding carboxylic acids is 1. The Bertz CT molecular complexity index is 1540. The van der Waals surface area contributed by atoms with E-state index in [2.05, 4.69) is 20.5 Å². The fourth-order valence-electron chi connectivity index (χ4n) is 5.07. The summed E-state index contributed by atoms with van der Waals surface area (Å²) in [5, 5.41) is 0. The first-order valence-corrected chi connectivity index (χ1v) is 13.8. The molecule has 0 N–H and O–H groups in total. The number of ether oxygens (including phenoxy) is 2. The van der Waals surface area contributed by atoms with Crippen LogP contribution in [0.1, 0.15) is 32.3 Å². The van der Waals surface area contributed by atoms with Crippen molar-refractivity contribution < 1.29 is 18.7 Å². The van der Waals surface area contributed by atoms with Gasteiger partial charge < -0.3 is 23.8 Å². The molecule has 0 amide bonds. The van der Waals surface area contributed by atoms with Crippen LogP contribution in [0.15, 0.2) is 65.6 Å². The largest absolute Gasteiger partial charge is 0.510 e. The van der Waals surface area contributed by atoms with Crippen molar-refractivity contribution in [2.75, 3.05) is 36.5 Å². The van der Waals surface area contributed by atoms with Gasteiger partial charge in [0.05, 0.1) is 24.2 Å². The van der Waals surface area contributed by atoms with E-state index < -0.39 is 6.16 Å². The number of nitrogens with zero attached hydrogens (tertiary/aromatic N) is 6. The number of para-hydroxylation sites is 2. The van der Waals surface area contributed by atoms with Crippen molar-refractivity contribution in [2.45, 2.75) is 46.0 Å². The summed E-state index contributed by atoms with van der Waals surface area (Å²) in [4.78, 5) is 38.3. The summed E-state index contributed by atoms with van der Waals surface area (Å²) in [6, 6.07) is 16.0. The summed E-state index contributed by atoms with van der Waals surface area (Å²) in [5.74, 6) is 1.22. The predicted octanol–water partition coefficient (Wildman–Crippen LogP) is 4.65. The highest BCUT2D eigenvalue weighted by atomic mass is 19.1.